The number of hydrogen-bond donors (Lipinski definition) is 0. The van der Waals surface area contributed by atoms with Crippen LogP contribution in [-0.4, -0.2) is 17.9 Å². The number of azo groups is 1. The molecule has 1 unspecified atom stereocenters. The van der Waals surface area contributed by atoms with E-state index in [1.54, 1.807) is 0 Å². The highest BCUT2D eigenvalue weighted by atomic mass is 15.5. The molecule has 112 valence electrons. The van der Waals surface area contributed by atoms with Crippen molar-refractivity contribution in [1.82, 2.24) is 0 Å². The summed E-state index contributed by atoms with van der Waals surface area (Å²) in [4.78, 5) is 0. The monoisotopic (exact) mass is 292 g/mol. The van der Waals surface area contributed by atoms with Crippen molar-refractivity contribution in [3.8, 4) is 0 Å². The first-order valence-electron chi connectivity index (χ1n) is 7.61. The molecule has 0 aliphatic carbocycles. The van der Waals surface area contributed by atoms with E-state index in [-0.39, 0.29) is 12.2 Å². The van der Waals surface area contributed by atoms with Gasteiger partial charge in [0.25, 0.3) is 0 Å². The van der Waals surface area contributed by atoms with Crippen molar-refractivity contribution in [3.63, 3.8) is 0 Å². The van der Waals surface area contributed by atoms with E-state index >= 15 is 0 Å². The maximum Gasteiger partial charge on any atom is 0.168 e. The van der Waals surface area contributed by atoms with Crippen LogP contribution in [0, 0.1) is 0 Å². The van der Waals surface area contributed by atoms with Crippen LogP contribution in [-0.2, 0) is 0 Å². The van der Waals surface area contributed by atoms with Gasteiger partial charge in [-0.05, 0) is 31.5 Å². The average molecular weight is 292 g/mol. The van der Waals surface area contributed by atoms with E-state index in [1.165, 1.54) is 0 Å². The summed E-state index contributed by atoms with van der Waals surface area (Å²) >= 11 is 0. The molecule has 4 heteroatoms. The molecular weight excluding hydrogens is 272 g/mol. The van der Waals surface area contributed by atoms with Crippen molar-refractivity contribution in [2.45, 2.75) is 32.5 Å². The maximum atomic E-state index is 4.78. The van der Waals surface area contributed by atoms with Gasteiger partial charge in [0.1, 0.15) is 0 Å². The Hall–Kier alpha value is -2.49. The number of nitrogens with zero attached hydrogens (tertiary/aromatic N) is 4. The molecule has 0 saturated carbocycles. The van der Waals surface area contributed by atoms with E-state index in [4.69, 9.17) is 5.10 Å². The van der Waals surface area contributed by atoms with Crippen molar-refractivity contribution in [2.24, 2.45) is 15.3 Å². The smallest absolute Gasteiger partial charge is 0.168 e. The van der Waals surface area contributed by atoms with Crippen LogP contribution in [0.15, 0.2) is 76.0 Å². The van der Waals surface area contributed by atoms with Gasteiger partial charge in [-0.15, -0.1) is 0 Å². The Labute approximate surface area is 131 Å². The highest BCUT2D eigenvalue weighted by molar-refractivity contribution is 6.03. The highest BCUT2D eigenvalue weighted by Gasteiger charge is 2.28. The minimum atomic E-state index is -0.0694. The molecule has 0 radical (unpaired) electrons. The second-order valence-corrected chi connectivity index (χ2v) is 5.60. The van der Waals surface area contributed by atoms with Gasteiger partial charge in [-0.3, -0.25) is 0 Å². The van der Waals surface area contributed by atoms with Crippen molar-refractivity contribution in [2.75, 3.05) is 5.01 Å². The van der Waals surface area contributed by atoms with Crippen LogP contribution in [0.1, 0.15) is 25.8 Å². The van der Waals surface area contributed by atoms with Gasteiger partial charge in [0.15, 0.2) is 6.17 Å². The topological polar surface area (TPSA) is 40.3 Å². The number of rotatable bonds is 4. The lowest BCUT2D eigenvalue weighted by atomic mass is 10.1. The fraction of sp³-hybridized carbons (Fsp3) is 0.278. The molecular formula is C18H20N4. The lowest BCUT2D eigenvalue weighted by Gasteiger charge is -2.19. The van der Waals surface area contributed by atoms with E-state index in [9.17, 15) is 0 Å². The first-order chi connectivity index (χ1) is 10.7. The van der Waals surface area contributed by atoms with Gasteiger partial charge in [0.05, 0.1) is 17.4 Å². The Morgan fingerprint density at radius 2 is 1.64 bits per heavy atom. The van der Waals surface area contributed by atoms with Crippen molar-refractivity contribution in [3.05, 3.63) is 66.2 Å². The van der Waals surface area contributed by atoms with Gasteiger partial charge in [-0.2, -0.15) is 15.3 Å². The molecule has 3 rings (SSSR count). The zero-order valence-corrected chi connectivity index (χ0v) is 12.9. The molecule has 1 aliphatic rings. The standard InChI is InChI=1S/C18H20N4/c1-14(2)19-20-18-13-17(15-9-5-3-6-10-15)21-22(18)16-11-7-4-8-12-16/h3-12,14,18H,13H2,1-2H3. The van der Waals surface area contributed by atoms with E-state index in [1.807, 2.05) is 55.3 Å². The molecule has 0 saturated heterocycles. The lowest BCUT2D eigenvalue weighted by molar-refractivity contribution is 0.615. The molecule has 2 aromatic rings. The summed E-state index contributed by atoms with van der Waals surface area (Å²) in [6.45, 7) is 4.06. The number of hydrazone groups is 1. The Morgan fingerprint density at radius 1 is 1.00 bits per heavy atom. The fourth-order valence-corrected chi connectivity index (χ4v) is 2.41. The molecule has 0 amide bonds. The second-order valence-electron chi connectivity index (χ2n) is 5.60. The minimum Gasteiger partial charge on any atom is -0.238 e. The van der Waals surface area contributed by atoms with Gasteiger partial charge < -0.3 is 0 Å². The summed E-state index contributed by atoms with van der Waals surface area (Å²) in [5.41, 5.74) is 3.24. The molecule has 0 fully saturated rings. The Balaban J connectivity index is 1.92. The third-order valence-electron chi connectivity index (χ3n) is 3.45. The molecule has 4 nitrogen and oxygen atoms in total. The molecule has 1 heterocycles. The SMILES string of the molecule is CC(C)N=NC1CC(c2ccccc2)=NN1c1ccccc1. The first kappa shape index (κ1) is 14.4. The third kappa shape index (κ3) is 3.22. The molecule has 0 spiro atoms. The number of para-hydroxylation sites is 1. The number of benzene rings is 2. The van der Waals surface area contributed by atoms with Crippen molar-refractivity contribution >= 4 is 11.4 Å². The van der Waals surface area contributed by atoms with Crippen LogP contribution < -0.4 is 5.01 Å². The van der Waals surface area contributed by atoms with Gasteiger partial charge in [-0.1, -0.05) is 48.5 Å². The predicted octanol–water partition coefficient (Wildman–Crippen LogP) is 4.49. The van der Waals surface area contributed by atoms with Gasteiger partial charge in [-0.25, -0.2) is 5.01 Å². The van der Waals surface area contributed by atoms with Gasteiger partial charge in [0, 0.05) is 6.42 Å². The average Bonchev–Trinajstić information content (AvgIpc) is 2.99. The zero-order valence-electron chi connectivity index (χ0n) is 12.9. The fourth-order valence-electron chi connectivity index (χ4n) is 2.41. The maximum absolute atomic E-state index is 4.78. The van der Waals surface area contributed by atoms with E-state index in [2.05, 4.69) is 34.5 Å². The van der Waals surface area contributed by atoms with Crippen LogP contribution in [0.4, 0.5) is 5.69 Å². The number of hydrogen-bond acceptors (Lipinski definition) is 4. The molecule has 22 heavy (non-hydrogen) atoms. The predicted molar refractivity (Wildman–Crippen MR) is 90.3 cm³/mol. The molecule has 1 atom stereocenters. The van der Waals surface area contributed by atoms with Crippen LogP contribution in [0.5, 0.6) is 0 Å². The van der Waals surface area contributed by atoms with Crippen LogP contribution in [0.25, 0.3) is 0 Å². The van der Waals surface area contributed by atoms with Crippen LogP contribution in [0.2, 0.25) is 0 Å². The summed E-state index contributed by atoms with van der Waals surface area (Å²) in [7, 11) is 0. The number of anilines is 1. The quantitative estimate of drug-likeness (QED) is 0.765. The normalized spacial score (nSPS) is 18.2. The summed E-state index contributed by atoms with van der Waals surface area (Å²) in [6, 6.07) is 20.6. The van der Waals surface area contributed by atoms with Crippen molar-refractivity contribution in [1.29, 1.82) is 0 Å². The lowest BCUT2D eigenvalue weighted by Crippen LogP contribution is -2.24. The van der Waals surface area contributed by atoms with E-state index in [0.29, 0.717) is 0 Å². The highest BCUT2D eigenvalue weighted by Crippen LogP contribution is 2.27. The molecule has 0 N–H and O–H groups in total. The Bertz CT molecular complexity index is 662. The Morgan fingerprint density at radius 3 is 2.27 bits per heavy atom. The summed E-state index contributed by atoms with van der Waals surface area (Å²) in [5, 5.41) is 15.6. The van der Waals surface area contributed by atoms with E-state index < -0.39 is 0 Å². The zero-order chi connectivity index (χ0) is 15.4. The molecule has 0 bridgehead atoms. The first-order valence-corrected chi connectivity index (χ1v) is 7.61. The molecule has 2 aromatic carbocycles. The largest absolute Gasteiger partial charge is 0.238 e. The van der Waals surface area contributed by atoms with Gasteiger partial charge >= 0.3 is 0 Å². The summed E-state index contributed by atoms with van der Waals surface area (Å²) in [6.07, 6.45) is 0.704. The third-order valence-corrected chi connectivity index (χ3v) is 3.45. The van der Waals surface area contributed by atoms with Crippen LogP contribution >= 0.6 is 0 Å². The summed E-state index contributed by atoms with van der Waals surface area (Å²) in [5.74, 6) is 0. The van der Waals surface area contributed by atoms with Gasteiger partial charge in [0.2, 0.25) is 0 Å². The second kappa shape index (κ2) is 6.52. The minimum absolute atomic E-state index is 0.0694. The molecule has 1 aliphatic heterocycles. The van der Waals surface area contributed by atoms with E-state index in [0.717, 1.165) is 23.4 Å². The Kier molecular flexibility index (Phi) is 4.28. The van der Waals surface area contributed by atoms with Crippen molar-refractivity contribution < 1.29 is 0 Å². The van der Waals surface area contributed by atoms with Crippen LogP contribution in [0.3, 0.4) is 0 Å². The molecule has 0 aromatic heterocycles. The summed E-state index contributed by atoms with van der Waals surface area (Å²) < 4.78 is 0.